The van der Waals surface area contributed by atoms with Gasteiger partial charge in [0.1, 0.15) is 0 Å². The SMILES string of the molecule is O=S(O)O.[Cu+2]. The minimum absolute atomic E-state index is 0. The predicted molar refractivity (Wildman–Crippen MR) is 13.4 cm³/mol. The molecule has 0 amide bonds. The van der Waals surface area contributed by atoms with Crippen molar-refractivity contribution in [2.24, 2.45) is 0 Å². The van der Waals surface area contributed by atoms with Crippen molar-refractivity contribution in [2.75, 3.05) is 0 Å². The summed E-state index contributed by atoms with van der Waals surface area (Å²) in [6.07, 6.45) is 0. The molecule has 0 heterocycles. The Hall–Kier alpha value is 0.589. The fourth-order valence-corrected chi connectivity index (χ4v) is 0. The molecule has 0 aliphatic rings. The van der Waals surface area contributed by atoms with Gasteiger partial charge in [0.2, 0.25) is 0 Å². The van der Waals surface area contributed by atoms with Crippen LogP contribution in [0.4, 0.5) is 0 Å². The molecule has 0 bridgehead atoms. The van der Waals surface area contributed by atoms with Gasteiger partial charge in [-0.15, -0.1) is 0 Å². The quantitative estimate of drug-likeness (QED) is 0.363. The molecule has 5 heteroatoms. The molecule has 0 rings (SSSR count). The maximum absolute atomic E-state index is 8.67. The van der Waals surface area contributed by atoms with Crippen LogP contribution in [-0.4, -0.2) is 13.3 Å². The van der Waals surface area contributed by atoms with Gasteiger partial charge in [0.05, 0.1) is 0 Å². The van der Waals surface area contributed by atoms with Crippen LogP contribution in [0.15, 0.2) is 0 Å². The molecule has 0 unspecified atom stereocenters. The maximum Gasteiger partial charge on any atom is 2.00 e. The van der Waals surface area contributed by atoms with Crippen molar-refractivity contribution in [3.8, 4) is 0 Å². The van der Waals surface area contributed by atoms with E-state index in [9.17, 15) is 0 Å². The van der Waals surface area contributed by atoms with E-state index in [0.717, 1.165) is 0 Å². The summed E-state index contributed by atoms with van der Waals surface area (Å²) in [6.45, 7) is 0. The van der Waals surface area contributed by atoms with Crippen molar-refractivity contribution in [2.45, 2.75) is 0 Å². The third-order valence-corrected chi connectivity index (χ3v) is 0. The van der Waals surface area contributed by atoms with Gasteiger partial charge < -0.3 is 0 Å². The van der Waals surface area contributed by atoms with E-state index in [1.54, 1.807) is 0 Å². The Morgan fingerprint density at radius 1 is 1.40 bits per heavy atom. The Kier molecular flexibility index (Phi) is 8.39. The number of hydrogen-bond acceptors (Lipinski definition) is 1. The second kappa shape index (κ2) is 4.59. The fourth-order valence-electron chi connectivity index (χ4n) is 0. The van der Waals surface area contributed by atoms with Crippen LogP contribution in [-0.2, 0) is 28.4 Å². The third-order valence-electron chi connectivity index (χ3n) is 0. The van der Waals surface area contributed by atoms with E-state index < -0.39 is 11.4 Å². The van der Waals surface area contributed by atoms with Gasteiger partial charge in [0, 0.05) is 0 Å². The van der Waals surface area contributed by atoms with Gasteiger partial charge in [-0.05, 0) is 0 Å². The predicted octanol–water partition coefficient (Wildman–Crippen LogP) is -0.321. The van der Waals surface area contributed by atoms with Gasteiger partial charge in [0.15, 0.2) is 0 Å². The van der Waals surface area contributed by atoms with Gasteiger partial charge in [-0.1, -0.05) is 0 Å². The molecule has 0 saturated heterocycles. The number of rotatable bonds is 0. The minimum Gasteiger partial charge on any atom is -0.284 e. The Morgan fingerprint density at radius 3 is 1.40 bits per heavy atom. The van der Waals surface area contributed by atoms with Crippen molar-refractivity contribution in [1.82, 2.24) is 0 Å². The monoisotopic (exact) mass is 145 g/mol. The second-order valence-corrected chi connectivity index (χ2v) is 0.692. The van der Waals surface area contributed by atoms with Gasteiger partial charge in [-0.3, -0.25) is 9.11 Å². The molecule has 0 aromatic rings. The molecule has 3 nitrogen and oxygen atoms in total. The Labute approximate surface area is 42.4 Å². The minimum atomic E-state index is -2.61. The largest absolute Gasteiger partial charge is 2.00 e. The van der Waals surface area contributed by atoms with Crippen LogP contribution >= 0.6 is 0 Å². The Morgan fingerprint density at radius 2 is 1.40 bits per heavy atom. The van der Waals surface area contributed by atoms with Crippen LogP contribution in [0.3, 0.4) is 0 Å². The topological polar surface area (TPSA) is 57.5 Å². The molecule has 5 heavy (non-hydrogen) atoms. The first kappa shape index (κ1) is 9.14. The van der Waals surface area contributed by atoms with Crippen molar-refractivity contribution in [1.29, 1.82) is 0 Å². The Bertz CT molecular complexity index is 29.9. The molecule has 1 radical (unpaired) electrons. The van der Waals surface area contributed by atoms with Crippen molar-refractivity contribution >= 4 is 11.4 Å². The van der Waals surface area contributed by atoms with Crippen molar-refractivity contribution in [3.63, 3.8) is 0 Å². The Balaban J connectivity index is 0. The summed E-state index contributed by atoms with van der Waals surface area (Å²) in [5, 5.41) is 0. The molecule has 35 valence electrons. The van der Waals surface area contributed by atoms with Crippen LogP contribution < -0.4 is 0 Å². The zero-order valence-electron chi connectivity index (χ0n) is 2.01. The summed E-state index contributed by atoms with van der Waals surface area (Å²) in [4.78, 5) is 0. The van der Waals surface area contributed by atoms with Crippen molar-refractivity contribution < 1.29 is 30.4 Å². The molecule has 0 aromatic carbocycles. The summed E-state index contributed by atoms with van der Waals surface area (Å²) in [5.74, 6) is 0. The summed E-state index contributed by atoms with van der Waals surface area (Å²) < 4.78 is 22.8. The van der Waals surface area contributed by atoms with E-state index in [0.29, 0.717) is 0 Å². The van der Waals surface area contributed by atoms with E-state index >= 15 is 0 Å². The molecule has 0 saturated carbocycles. The molecule has 0 aliphatic heterocycles. The normalized spacial score (nSPS) is 7.00. The van der Waals surface area contributed by atoms with Gasteiger partial charge in [-0.25, -0.2) is 0 Å². The summed E-state index contributed by atoms with van der Waals surface area (Å²) in [6, 6.07) is 0. The van der Waals surface area contributed by atoms with Crippen LogP contribution in [0, 0.1) is 0 Å². The smallest absolute Gasteiger partial charge is 0.284 e. The standard InChI is InChI=1S/Cu.H2O3S/c;1-4(2)3/h;(H2,1,2,3)/q+2;. The first-order valence-electron chi connectivity index (χ1n) is 0.532. The maximum atomic E-state index is 8.67. The molecular formula is H2CuO3S+2. The molecular weight excluding hydrogens is 144 g/mol. The average molecular weight is 146 g/mol. The summed E-state index contributed by atoms with van der Waals surface area (Å²) >= 11 is -2.61. The van der Waals surface area contributed by atoms with Crippen LogP contribution in [0.25, 0.3) is 0 Å². The molecule has 0 aromatic heterocycles. The fraction of sp³-hybridized carbons (Fsp3) is 0. The van der Waals surface area contributed by atoms with E-state index in [1.165, 1.54) is 0 Å². The molecule has 2 N–H and O–H groups in total. The van der Waals surface area contributed by atoms with E-state index in [2.05, 4.69) is 0 Å². The average Bonchev–Trinajstić information content (AvgIpc) is 0.811. The third kappa shape index (κ3) is 88.6. The molecule has 0 fully saturated rings. The zero-order chi connectivity index (χ0) is 3.58. The zero-order valence-corrected chi connectivity index (χ0v) is 3.77. The van der Waals surface area contributed by atoms with Crippen LogP contribution in [0.2, 0.25) is 0 Å². The van der Waals surface area contributed by atoms with Gasteiger partial charge in [0.25, 0.3) is 11.4 Å². The van der Waals surface area contributed by atoms with E-state index in [-0.39, 0.29) is 17.1 Å². The first-order valence-corrected chi connectivity index (χ1v) is 1.60. The number of hydrogen-bond donors (Lipinski definition) is 2. The van der Waals surface area contributed by atoms with E-state index in [4.69, 9.17) is 13.3 Å². The molecule has 0 aliphatic carbocycles. The molecule has 0 spiro atoms. The summed E-state index contributed by atoms with van der Waals surface area (Å²) in [7, 11) is 0. The van der Waals surface area contributed by atoms with Gasteiger partial charge in [-0.2, -0.15) is 4.21 Å². The first-order chi connectivity index (χ1) is 1.73. The van der Waals surface area contributed by atoms with Crippen LogP contribution in [0.5, 0.6) is 0 Å². The molecule has 0 atom stereocenters. The van der Waals surface area contributed by atoms with Crippen LogP contribution in [0.1, 0.15) is 0 Å². The van der Waals surface area contributed by atoms with Crippen molar-refractivity contribution in [3.05, 3.63) is 0 Å². The van der Waals surface area contributed by atoms with E-state index in [1.807, 2.05) is 0 Å². The second-order valence-electron chi connectivity index (χ2n) is 0.231. The summed E-state index contributed by atoms with van der Waals surface area (Å²) in [5.41, 5.74) is 0. The van der Waals surface area contributed by atoms with Gasteiger partial charge >= 0.3 is 17.1 Å².